The summed E-state index contributed by atoms with van der Waals surface area (Å²) in [6.45, 7) is 6.21. The lowest BCUT2D eigenvalue weighted by molar-refractivity contribution is 0.102. The summed E-state index contributed by atoms with van der Waals surface area (Å²) in [6, 6.07) is 10.9. The Morgan fingerprint density at radius 1 is 1.11 bits per heavy atom. The van der Waals surface area contributed by atoms with Crippen LogP contribution in [0.25, 0.3) is 0 Å². The molecular formula is C19H23N5O3. The first-order valence-corrected chi connectivity index (χ1v) is 8.95. The van der Waals surface area contributed by atoms with Crippen molar-refractivity contribution in [1.82, 2.24) is 14.9 Å². The maximum atomic E-state index is 12.5. The molecule has 2 heterocycles. The lowest BCUT2D eigenvalue weighted by atomic mass is 10.2. The Kier molecular flexibility index (Phi) is 5.85. The van der Waals surface area contributed by atoms with Crippen LogP contribution in [0.3, 0.4) is 0 Å². The van der Waals surface area contributed by atoms with Crippen LogP contribution in [-0.2, 0) is 4.74 Å². The molecule has 142 valence electrons. The van der Waals surface area contributed by atoms with Crippen LogP contribution >= 0.6 is 0 Å². The summed E-state index contributed by atoms with van der Waals surface area (Å²) < 4.78 is 5.03. The first-order valence-electron chi connectivity index (χ1n) is 8.95. The van der Waals surface area contributed by atoms with E-state index >= 15 is 0 Å². The number of carbonyl (C=O) groups excluding carboxylic acids is 2. The normalized spacial score (nSPS) is 14.0. The minimum absolute atomic E-state index is 0.280. The molecule has 0 atom stereocenters. The van der Waals surface area contributed by atoms with Gasteiger partial charge in [0.25, 0.3) is 5.91 Å². The number of nitrogens with zero attached hydrogens (tertiary/aromatic N) is 4. The fourth-order valence-electron chi connectivity index (χ4n) is 2.83. The average Bonchev–Trinajstić information content (AvgIpc) is 2.68. The number of aromatic nitrogens is 2. The molecule has 1 aromatic carbocycles. The molecule has 2 aromatic rings. The van der Waals surface area contributed by atoms with Crippen molar-refractivity contribution in [1.29, 1.82) is 0 Å². The first-order chi connectivity index (χ1) is 13.1. The number of hydrogen-bond acceptors (Lipinski definition) is 6. The number of amides is 2. The van der Waals surface area contributed by atoms with E-state index in [4.69, 9.17) is 4.74 Å². The van der Waals surface area contributed by atoms with Crippen LogP contribution in [0.15, 0.2) is 36.4 Å². The number of para-hydroxylation sites is 1. The highest BCUT2D eigenvalue weighted by Crippen LogP contribution is 2.15. The van der Waals surface area contributed by atoms with E-state index in [0.29, 0.717) is 55.8 Å². The number of ether oxygens (including phenoxy) is 1. The predicted molar refractivity (Wildman–Crippen MR) is 102 cm³/mol. The van der Waals surface area contributed by atoms with Gasteiger partial charge in [-0.15, -0.1) is 0 Å². The van der Waals surface area contributed by atoms with Gasteiger partial charge in [0.1, 0.15) is 5.69 Å². The molecule has 1 aliphatic heterocycles. The van der Waals surface area contributed by atoms with E-state index < -0.39 is 0 Å². The van der Waals surface area contributed by atoms with Crippen molar-refractivity contribution in [3.05, 3.63) is 47.8 Å². The number of hydrogen-bond donors (Lipinski definition) is 1. The molecule has 0 radical (unpaired) electrons. The van der Waals surface area contributed by atoms with Crippen LogP contribution in [0, 0.1) is 6.92 Å². The summed E-state index contributed by atoms with van der Waals surface area (Å²) in [6.07, 6.45) is -0.301. The second-order valence-corrected chi connectivity index (χ2v) is 6.19. The van der Waals surface area contributed by atoms with Gasteiger partial charge in [-0.25, -0.2) is 14.8 Å². The minimum atomic E-state index is -0.301. The molecule has 8 nitrogen and oxygen atoms in total. The third-order valence-electron chi connectivity index (χ3n) is 4.20. The summed E-state index contributed by atoms with van der Waals surface area (Å²) in [5.41, 5.74) is 1.74. The fraction of sp³-hybridized carbons (Fsp3) is 0.368. The van der Waals surface area contributed by atoms with Gasteiger partial charge in [-0.3, -0.25) is 4.79 Å². The van der Waals surface area contributed by atoms with Gasteiger partial charge in [0.2, 0.25) is 5.95 Å². The Balaban J connectivity index is 1.69. The molecule has 1 saturated heterocycles. The topological polar surface area (TPSA) is 87.7 Å². The lowest BCUT2D eigenvalue weighted by Gasteiger charge is -2.34. The Labute approximate surface area is 158 Å². The van der Waals surface area contributed by atoms with Gasteiger partial charge in [0.05, 0.1) is 6.61 Å². The predicted octanol–water partition coefficient (Wildman–Crippen LogP) is 2.32. The molecule has 1 aliphatic rings. The molecule has 1 N–H and O–H groups in total. The lowest BCUT2D eigenvalue weighted by Crippen LogP contribution is -2.49. The van der Waals surface area contributed by atoms with Gasteiger partial charge in [-0.05, 0) is 32.0 Å². The van der Waals surface area contributed by atoms with Crippen molar-refractivity contribution in [3.8, 4) is 0 Å². The summed E-state index contributed by atoms with van der Waals surface area (Å²) in [5.74, 6) is 0.217. The Morgan fingerprint density at radius 2 is 1.81 bits per heavy atom. The number of benzene rings is 1. The summed E-state index contributed by atoms with van der Waals surface area (Å²) in [5, 5.41) is 2.83. The number of carbonyl (C=O) groups is 2. The fourth-order valence-corrected chi connectivity index (χ4v) is 2.83. The van der Waals surface area contributed by atoms with Gasteiger partial charge < -0.3 is 19.9 Å². The minimum Gasteiger partial charge on any atom is -0.450 e. The summed E-state index contributed by atoms with van der Waals surface area (Å²) in [7, 11) is 0. The van der Waals surface area contributed by atoms with Crippen molar-refractivity contribution < 1.29 is 14.3 Å². The van der Waals surface area contributed by atoms with E-state index in [2.05, 4.69) is 15.3 Å². The molecule has 0 bridgehead atoms. The van der Waals surface area contributed by atoms with E-state index in [1.165, 1.54) is 0 Å². The van der Waals surface area contributed by atoms with E-state index in [1.807, 2.05) is 42.2 Å². The van der Waals surface area contributed by atoms with E-state index in [1.54, 1.807) is 17.9 Å². The highest BCUT2D eigenvalue weighted by Gasteiger charge is 2.24. The van der Waals surface area contributed by atoms with Crippen molar-refractivity contribution >= 4 is 23.6 Å². The second kappa shape index (κ2) is 8.48. The molecule has 27 heavy (non-hydrogen) atoms. The number of anilines is 2. The van der Waals surface area contributed by atoms with Gasteiger partial charge in [0, 0.05) is 37.6 Å². The Hall–Kier alpha value is -3.16. The zero-order valence-electron chi connectivity index (χ0n) is 15.5. The molecule has 3 rings (SSSR count). The van der Waals surface area contributed by atoms with Crippen LogP contribution in [0.1, 0.15) is 23.1 Å². The van der Waals surface area contributed by atoms with Crippen LogP contribution in [-0.4, -0.2) is 59.7 Å². The van der Waals surface area contributed by atoms with E-state index in [0.717, 1.165) is 0 Å². The largest absolute Gasteiger partial charge is 0.450 e. The van der Waals surface area contributed by atoms with Crippen LogP contribution in [0.5, 0.6) is 0 Å². The Morgan fingerprint density at radius 3 is 2.48 bits per heavy atom. The highest BCUT2D eigenvalue weighted by molar-refractivity contribution is 6.03. The van der Waals surface area contributed by atoms with Crippen LogP contribution in [0.4, 0.5) is 16.4 Å². The standard InChI is InChI=1S/C19H23N5O3/c1-3-27-19(26)24-11-9-23(10-12-24)18-20-14(2)13-16(22-18)17(25)21-15-7-5-4-6-8-15/h4-8,13H,3,9-12H2,1-2H3,(H,21,25). The molecule has 0 saturated carbocycles. The monoisotopic (exact) mass is 369 g/mol. The molecule has 2 amide bonds. The van der Waals surface area contributed by atoms with E-state index in [9.17, 15) is 9.59 Å². The number of piperazine rings is 1. The van der Waals surface area contributed by atoms with Gasteiger partial charge in [-0.2, -0.15) is 0 Å². The molecule has 8 heteroatoms. The smallest absolute Gasteiger partial charge is 0.409 e. The Bertz CT molecular complexity index is 804. The van der Waals surface area contributed by atoms with Crippen LogP contribution < -0.4 is 10.2 Å². The van der Waals surface area contributed by atoms with Crippen LogP contribution in [0.2, 0.25) is 0 Å². The second-order valence-electron chi connectivity index (χ2n) is 6.19. The molecule has 0 unspecified atom stereocenters. The zero-order valence-corrected chi connectivity index (χ0v) is 15.5. The average molecular weight is 369 g/mol. The van der Waals surface area contributed by atoms with Crippen molar-refractivity contribution in [2.75, 3.05) is 43.0 Å². The number of nitrogens with one attached hydrogen (secondary N) is 1. The summed E-state index contributed by atoms with van der Waals surface area (Å²) >= 11 is 0. The zero-order chi connectivity index (χ0) is 19.2. The SMILES string of the molecule is CCOC(=O)N1CCN(c2nc(C)cc(C(=O)Nc3ccccc3)n2)CC1. The van der Waals surface area contributed by atoms with Crippen molar-refractivity contribution in [2.45, 2.75) is 13.8 Å². The van der Waals surface area contributed by atoms with Gasteiger partial charge in [-0.1, -0.05) is 18.2 Å². The van der Waals surface area contributed by atoms with Crippen molar-refractivity contribution in [2.24, 2.45) is 0 Å². The van der Waals surface area contributed by atoms with Gasteiger partial charge >= 0.3 is 6.09 Å². The number of aryl methyl sites for hydroxylation is 1. The summed E-state index contributed by atoms with van der Waals surface area (Å²) in [4.78, 5) is 36.9. The highest BCUT2D eigenvalue weighted by atomic mass is 16.6. The number of rotatable bonds is 4. The third kappa shape index (κ3) is 4.72. The van der Waals surface area contributed by atoms with E-state index in [-0.39, 0.29) is 12.0 Å². The molecular weight excluding hydrogens is 346 g/mol. The molecule has 1 aromatic heterocycles. The van der Waals surface area contributed by atoms with Gasteiger partial charge in [0.15, 0.2) is 0 Å². The first kappa shape index (κ1) is 18.6. The molecule has 0 spiro atoms. The molecule has 0 aliphatic carbocycles. The quantitative estimate of drug-likeness (QED) is 0.890. The maximum absolute atomic E-state index is 12.5. The maximum Gasteiger partial charge on any atom is 0.409 e. The molecule has 1 fully saturated rings. The third-order valence-corrected chi connectivity index (χ3v) is 4.20. The van der Waals surface area contributed by atoms with Crippen molar-refractivity contribution in [3.63, 3.8) is 0 Å².